The quantitative estimate of drug-likeness (QED) is 0.770. The Bertz CT molecular complexity index is 285. The van der Waals surface area contributed by atoms with Crippen molar-refractivity contribution < 1.29 is 4.79 Å². The molecule has 0 bridgehead atoms. The molecular weight excluding hydrogens is 238 g/mol. The molecule has 19 heavy (non-hydrogen) atoms. The molecule has 1 saturated heterocycles. The van der Waals surface area contributed by atoms with Gasteiger partial charge in [-0.25, -0.2) is 0 Å². The highest BCUT2D eigenvalue weighted by molar-refractivity contribution is 5.81. The number of piperidine rings is 1. The van der Waals surface area contributed by atoms with Gasteiger partial charge in [0.2, 0.25) is 5.91 Å². The van der Waals surface area contributed by atoms with Crippen LogP contribution in [0.2, 0.25) is 0 Å². The fraction of sp³-hybridized carbons (Fsp3) is 0.933. The van der Waals surface area contributed by atoms with Gasteiger partial charge >= 0.3 is 0 Å². The summed E-state index contributed by atoms with van der Waals surface area (Å²) >= 11 is 0. The molecule has 1 aliphatic rings. The highest BCUT2D eigenvalue weighted by Gasteiger charge is 2.25. The van der Waals surface area contributed by atoms with E-state index in [1.807, 2.05) is 6.92 Å². The Morgan fingerprint density at radius 2 is 2.21 bits per heavy atom. The molecule has 0 aromatic heterocycles. The minimum Gasteiger partial charge on any atom is -0.350 e. The maximum Gasteiger partial charge on any atom is 0.237 e. The molecule has 112 valence electrons. The van der Waals surface area contributed by atoms with Gasteiger partial charge in [0, 0.05) is 12.1 Å². The SMILES string of the molecule is CCC(C)(C)NC(=O)C(C)N(C)CC1CCCNC1. The minimum absolute atomic E-state index is 0.0623. The Morgan fingerprint density at radius 1 is 1.53 bits per heavy atom. The largest absolute Gasteiger partial charge is 0.350 e. The molecule has 0 aromatic carbocycles. The Morgan fingerprint density at radius 3 is 2.74 bits per heavy atom. The number of hydrogen-bond acceptors (Lipinski definition) is 3. The first-order chi connectivity index (χ1) is 8.85. The molecule has 4 heteroatoms. The van der Waals surface area contributed by atoms with Crippen LogP contribution in [0.25, 0.3) is 0 Å². The summed E-state index contributed by atoms with van der Waals surface area (Å²) < 4.78 is 0. The summed E-state index contributed by atoms with van der Waals surface area (Å²) in [6, 6.07) is -0.0623. The van der Waals surface area contributed by atoms with E-state index >= 15 is 0 Å². The zero-order chi connectivity index (χ0) is 14.5. The summed E-state index contributed by atoms with van der Waals surface area (Å²) in [6.45, 7) is 11.5. The summed E-state index contributed by atoms with van der Waals surface area (Å²) in [5, 5.41) is 6.56. The summed E-state index contributed by atoms with van der Waals surface area (Å²) in [4.78, 5) is 14.4. The second kappa shape index (κ2) is 7.25. The van der Waals surface area contributed by atoms with Crippen LogP contribution in [0.1, 0.15) is 47.0 Å². The maximum absolute atomic E-state index is 12.2. The zero-order valence-corrected chi connectivity index (χ0v) is 13.3. The molecule has 2 N–H and O–H groups in total. The van der Waals surface area contributed by atoms with E-state index in [2.05, 4.69) is 43.4 Å². The number of likely N-dealkylation sites (N-methyl/N-ethyl adjacent to an activating group) is 1. The van der Waals surface area contributed by atoms with Crippen LogP contribution in [-0.2, 0) is 4.79 Å². The standard InChI is InChI=1S/C15H31N3O/c1-6-15(3,4)17-14(19)12(2)18(5)11-13-8-7-9-16-10-13/h12-13,16H,6-11H2,1-5H3,(H,17,19). The van der Waals surface area contributed by atoms with E-state index in [4.69, 9.17) is 0 Å². The van der Waals surface area contributed by atoms with Crippen LogP contribution in [-0.4, -0.2) is 49.1 Å². The van der Waals surface area contributed by atoms with Crippen LogP contribution in [0.4, 0.5) is 0 Å². The fourth-order valence-electron chi connectivity index (χ4n) is 2.37. The van der Waals surface area contributed by atoms with E-state index in [-0.39, 0.29) is 17.5 Å². The number of amides is 1. The van der Waals surface area contributed by atoms with Gasteiger partial charge in [-0.15, -0.1) is 0 Å². The lowest BCUT2D eigenvalue weighted by Gasteiger charge is -2.33. The Balaban J connectivity index is 2.42. The van der Waals surface area contributed by atoms with Gasteiger partial charge in [0.1, 0.15) is 0 Å². The average Bonchev–Trinajstić information content (AvgIpc) is 2.38. The normalized spacial score (nSPS) is 22.3. The smallest absolute Gasteiger partial charge is 0.237 e. The van der Waals surface area contributed by atoms with E-state index < -0.39 is 0 Å². The Hall–Kier alpha value is -0.610. The predicted molar refractivity (Wildman–Crippen MR) is 80.2 cm³/mol. The summed E-state index contributed by atoms with van der Waals surface area (Å²) in [6.07, 6.45) is 3.47. The number of hydrogen-bond donors (Lipinski definition) is 2. The van der Waals surface area contributed by atoms with Gasteiger partial charge in [-0.1, -0.05) is 6.92 Å². The first-order valence-electron chi connectivity index (χ1n) is 7.58. The summed E-state index contributed by atoms with van der Waals surface area (Å²) in [5.41, 5.74) is -0.113. The number of carbonyl (C=O) groups excluding carboxylic acids is 1. The predicted octanol–water partition coefficient (Wildman–Crippen LogP) is 1.61. The molecular formula is C15H31N3O. The van der Waals surface area contributed by atoms with Crippen molar-refractivity contribution in [2.24, 2.45) is 5.92 Å². The molecule has 1 aliphatic heterocycles. The molecule has 0 saturated carbocycles. The van der Waals surface area contributed by atoms with Crippen molar-refractivity contribution in [3.8, 4) is 0 Å². The third-order valence-electron chi connectivity index (χ3n) is 4.33. The van der Waals surface area contributed by atoms with E-state index in [1.54, 1.807) is 0 Å². The van der Waals surface area contributed by atoms with Crippen molar-refractivity contribution in [1.82, 2.24) is 15.5 Å². The van der Waals surface area contributed by atoms with Crippen molar-refractivity contribution in [3.63, 3.8) is 0 Å². The molecule has 1 fully saturated rings. The average molecular weight is 269 g/mol. The first kappa shape index (κ1) is 16.4. The first-order valence-corrected chi connectivity index (χ1v) is 7.58. The minimum atomic E-state index is -0.113. The molecule has 0 aliphatic carbocycles. The van der Waals surface area contributed by atoms with E-state index in [0.29, 0.717) is 5.92 Å². The van der Waals surface area contributed by atoms with Crippen molar-refractivity contribution >= 4 is 5.91 Å². The third-order valence-corrected chi connectivity index (χ3v) is 4.33. The highest BCUT2D eigenvalue weighted by Crippen LogP contribution is 2.13. The van der Waals surface area contributed by atoms with Gasteiger partial charge in [-0.2, -0.15) is 0 Å². The highest BCUT2D eigenvalue weighted by atomic mass is 16.2. The second-order valence-corrected chi connectivity index (χ2v) is 6.55. The molecule has 0 aromatic rings. The maximum atomic E-state index is 12.2. The molecule has 0 spiro atoms. The van der Waals surface area contributed by atoms with Gasteiger partial charge in [0.25, 0.3) is 0 Å². The topological polar surface area (TPSA) is 44.4 Å². The van der Waals surface area contributed by atoms with Gasteiger partial charge < -0.3 is 10.6 Å². The number of carbonyl (C=O) groups is 1. The van der Waals surface area contributed by atoms with Crippen LogP contribution >= 0.6 is 0 Å². The van der Waals surface area contributed by atoms with Crippen LogP contribution in [0.5, 0.6) is 0 Å². The van der Waals surface area contributed by atoms with Crippen molar-refractivity contribution in [2.75, 3.05) is 26.7 Å². The van der Waals surface area contributed by atoms with Crippen LogP contribution in [0.3, 0.4) is 0 Å². The van der Waals surface area contributed by atoms with Gasteiger partial charge in [0.05, 0.1) is 6.04 Å². The Labute approximate surface area is 118 Å². The summed E-state index contributed by atoms with van der Waals surface area (Å²) in [7, 11) is 2.05. The number of rotatable bonds is 6. The van der Waals surface area contributed by atoms with E-state index in [0.717, 1.165) is 26.1 Å². The molecule has 1 amide bonds. The Kier molecular flexibility index (Phi) is 6.27. The van der Waals surface area contributed by atoms with Crippen LogP contribution in [0.15, 0.2) is 0 Å². The lowest BCUT2D eigenvalue weighted by atomic mass is 9.98. The van der Waals surface area contributed by atoms with Gasteiger partial charge in [-0.3, -0.25) is 9.69 Å². The monoisotopic (exact) mass is 269 g/mol. The molecule has 4 nitrogen and oxygen atoms in total. The summed E-state index contributed by atoms with van der Waals surface area (Å²) in [5.74, 6) is 0.811. The fourth-order valence-corrected chi connectivity index (χ4v) is 2.37. The second-order valence-electron chi connectivity index (χ2n) is 6.55. The van der Waals surface area contributed by atoms with Crippen molar-refractivity contribution in [1.29, 1.82) is 0 Å². The molecule has 1 heterocycles. The molecule has 2 unspecified atom stereocenters. The lowest BCUT2D eigenvalue weighted by Crippen LogP contribution is -2.52. The number of nitrogens with zero attached hydrogens (tertiary/aromatic N) is 1. The molecule has 1 rings (SSSR count). The van der Waals surface area contributed by atoms with Gasteiger partial charge in [0.15, 0.2) is 0 Å². The van der Waals surface area contributed by atoms with E-state index in [1.165, 1.54) is 12.8 Å². The van der Waals surface area contributed by atoms with Crippen LogP contribution < -0.4 is 10.6 Å². The lowest BCUT2D eigenvalue weighted by molar-refractivity contribution is -0.127. The van der Waals surface area contributed by atoms with Gasteiger partial charge in [-0.05, 0) is 66.1 Å². The number of nitrogens with one attached hydrogen (secondary N) is 2. The zero-order valence-electron chi connectivity index (χ0n) is 13.3. The molecule has 0 radical (unpaired) electrons. The van der Waals surface area contributed by atoms with Crippen molar-refractivity contribution in [2.45, 2.75) is 58.5 Å². The van der Waals surface area contributed by atoms with Crippen LogP contribution in [0, 0.1) is 5.92 Å². The molecule has 2 atom stereocenters. The third kappa shape index (κ3) is 5.49. The van der Waals surface area contributed by atoms with Crippen molar-refractivity contribution in [3.05, 3.63) is 0 Å². The van der Waals surface area contributed by atoms with E-state index in [9.17, 15) is 4.79 Å².